The van der Waals surface area contributed by atoms with E-state index >= 15 is 0 Å². The molecule has 1 aromatic carbocycles. The number of esters is 1. The number of amides is 1. The first-order valence-electron chi connectivity index (χ1n) is 8.92. The fourth-order valence-corrected chi connectivity index (χ4v) is 3.07. The largest absolute Gasteiger partial charge is 0.465 e. The summed E-state index contributed by atoms with van der Waals surface area (Å²) in [6.07, 6.45) is -0.320. The lowest BCUT2D eigenvalue weighted by Crippen LogP contribution is -2.54. The molecular formula is C19H25N3O5. The van der Waals surface area contributed by atoms with Gasteiger partial charge in [0.2, 0.25) is 0 Å². The molecule has 0 radical (unpaired) electrons. The van der Waals surface area contributed by atoms with Crippen molar-refractivity contribution >= 4 is 29.2 Å². The number of rotatable bonds is 2. The maximum absolute atomic E-state index is 12.3. The number of fused-ring (bicyclic) bond motifs is 1. The Morgan fingerprint density at radius 3 is 2.63 bits per heavy atom. The van der Waals surface area contributed by atoms with Crippen LogP contribution < -0.4 is 4.90 Å². The van der Waals surface area contributed by atoms with Gasteiger partial charge in [-0.05, 0) is 39.8 Å². The number of hydrogen-bond donors (Lipinski definition) is 0. The molecule has 3 rings (SSSR count). The average molecular weight is 375 g/mol. The smallest absolute Gasteiger partial charge is 0.410 e. The summed E-state index contributed by atoms with van der Waals surface area (Å²) in [5.74, 6) is -0.455. The van der Waals surface area contributed by atoms with Crippen molar-refractivity contribution in [3.8, 4) is 0 Å². The Kier molecular flexibility index (Phi) is 4.99. The predicted octanol–water partition coefficient (Wildman–Crippen LogP) is 3.06. The number of methoxy groups -OCH3 is 1. The van der Waals surface area contributed by atoms with Crippen molar-refractivity contribution in [3.05, 3.63) is 23.8 Å². The lowest BCUT2D eigenvalue weighted by Gasteiger charge is -2.39. The summed E-state index contributed by atoms with van der Waals surface area (Å²) in [5.41, 5.74) is 0.836. The number of hydrogen-bond acceptors (Lipinski definition) is 7. The van der Waals surface area contributed by atoms with Crippen LogP contribution in [0.15, 0.2) is 22.6 Å². The van der Waals surface area contributed by atoms with E-state index in [0.29, 0.717) is 42.3 Å². The number of piperazine rings is 1. The molecule has 0 unspecified atom stereocenters. The van der Waals surface area contributed by atoms with E-state index in [1.165, 1.54) is 7.11 Å². The molecule has 1 aliphatic rings. The Morgan fingerprint density at radius 1 is 1.26 bits per heavy atom. The highest BCUT2D eigenvalue weighted by Gasteiger charge is 2.32. The molecule has 2 aromatic rings. The standard InChI is InChI=1S/C19H25N3O5/c1-12-11-21(18(24)27-19(2,3)4)9-10-22(12)17-20-15-13(16(23)25-5)7-6-8-14(15)26-17/h6-8,12H,9-11H2,1-5H3/t12-/m0/s1. The number of para-hydroxylation sites is 1. The summed E-state index contributed by atoms with van der Waals surface area (Å²) >= 11 is 0. The second-order valence-corrected chi connectivity index (χ2v) is 7.61. The van der Waals surface area contributed by atoms with Crippen molar-refractivity contribution in [2.75, 3.05) is 31.6 Å². The number of nitrogens with zero attached hydrogens (tertiary/aromatic N) is 3. The van der Waals surface area contributed by atoms with Crippen molar-refractivity contribution in [3.63, 3.8) is 0 Å². The van der Waals surface area contributed by atoms with Gasteiger partial charge in [-0.15, -0.1) is 0 Å². The van der Waals surface area contributed by atoms with E-state index in [1.54, 1.807) is 23.1 Å². The number of benzene rings is 1. The summed E-state index contributed by atoms with van der Waals surface area (Å²) in [7, 11) is 1.33. The Balaban J connectivity index is 1.78. The van der Waals surface area contributed by atoms with Gasteiger partial charge < -0.3 is 23.7 Å². The number of carbonyl (C=O) groups is 2. The predicted molar refractivity (Wildman–Crippen MR) is 100.0 cm³/mol. The molecule has 1 saturated heterocycles. The van der Waals surface area contributed by atoms with Crippen molar-refractivity contribution in [2.24, 2.45) is 0 Å². The molecule has 146 valence electrons. The first-order chi connectivity index (χ1) is 12.7. The molecule has 0 spiro atoms. The molecule has 1 aromatic heterocycles. The van der Waals surface area contributed by atoms with Crippen molar-refractivity contribution in [2.45, 2.75) is 39.3 Å². The van der Waals surface area contributed by atoms with E-state index in [9.17, 15) is 9.59 Å². The molecule has 0 N–H and O–H groups in total. The van der Waals surface area contributed by atoms with Crippen LogP contribution in [0, 0.1) is 0 Å². The van der Waals surface area contributed by atoms with E-state index < -0.39 is 11.6 Å². The van der Waals surface area contributed by atoms with Gasteiger partial charge in [-0.1, -0.05) is 6.07 Å². The highest BCUT2D eigenvalue weighted by atomic mass is 16.6. The van der Waals surface area contributed by atoms with E-state index in [4.69, 9.17) is 13.9 Å². The minimum absolute atomic E-state index is 0.0130. The molecular weight excluding hydrogens is 350 g/mol. The number of aromatic nitrogens is 1. The Hall–Kier alpha value is -2.77. The molecule has 0 bridgehead atoms. The quantitative estimate of drug-likeness (QED) is 0.746. The van der Waals surface area contributed by atoms with E-state index in [2.05, 4.69) is 4.98 Å². The molecule has 2 heterocycles. The molecule has 27 heavy (non-hydrogen) atoms. The molecule has 1 atom stereocenters. The third-order valence-corrected chi connectivity index (χ3v) is 4.34. The maximum atomic E-state index is 12.3. The zero-order chi connectivity index (χ0) is 19.8. The van der Waals surface area contributed by atoms with Crippen molar-refractivity contribution in [1.29, 1.82) is 0 Å². The van der Waals surface area contributed by atoms with Gasteiger partial charge in [-0.3, -0.25) is 0 Å². The van der Waals surface area contributed by atoms with Crippen LogP contribution >= 0.6 is 0 Å². The third-order valence-electron chi connectivity index (χ3n) is 4.34. The highest BCUT2D eigenvalue weighted by molar-refractivity contribution is 6.01. The summed E-state index contributed by atoms with van der Waals surface area (Å²) in [4.78, 5) is 32.4. The molecule has 0 saturated carbocycles. The third kappa shape index (κ3) is 3.99. The Bertz CT molecular complexity index is 855. The lowest BCUT2D eigenvalue weighted by atomic mass is 10.2. The second-order valence-electron chi connectivity index (χ2n) is 7.61. The molecule has 8 nitrogen and oxygen atoms in total. The molecule has 0 aliphatic carbocycles. The molecule has 8 heteroatoms. The van der Waals surface area contributed by atoms with Gasteiger partial charge in [0.25, 0.3) is 6.01 Å². The van der Waals surface area contributed by atoms with Crippen molar-refractivity contribution in [1.82, 2.24) is 9.88 Å². The first kappa shape index (κ1) is 19.0. The zero-order valence-corrected chi connectivity index (χ0v) is 16.3. The van der Waals surface area contributed by atoms with Crippen LogP contribution in [0.1, 0.15) is 38.1 Å². The summed E-state index contributed by atoms with van der Waals surface area (Å²) in [6, 6.07) is 5.57. The average Bonchev–Trinajstić information content (AvgIpc) is 3.03. The zero-order valence-electron chi connectivity index (χ0n) is 16.3. The summed E-state index contributed by atoms with van der Waals surface area (Å²) in [6.45, 7) is 9.10. The van der Waals surface area contributed by atoms with Crippen LogP contribution in [0.4, 0.5) is 10.8 Å². The van der Waals surface area contributed by atoms with Crippen molar-refractivity contribution < 1.29 is 23.5 Å². The van der Waals surface area contributed by atoms with Crippen LogP contribution in [0.5, 0.6) is 0 Å². The fraction of sp³-hybridized carbons (Fsp3) is 0.526. The van der Waals surface area contributed by atoms with Crippen LogP contribution in [0.3, 0.4) is 0 Å². The van der Waals surface area contributed by atoms with Gasteiger partial charge in [0, 0.05) is 25.7 Å². The minimum atomic E-state index is -0.526. The van der Waals surface area contributed by atoms with Gasteiger partial charge >= 0.3 is 12.1 Å². The normalized spacial score (nSPS) is 17.9. The van der Waals surface area contributed by atoms with Gasteiger partial charge in [0.15, 0.2) is 5.58 Å². The van der Waals surface area contributed by atoms with Crippen LogP contribution in [0.2, 0.25) is 0 Å². The fourth-order valence-electron chi connectivity index (χ4n) is 3.07. The van der Waals surface area contributed by atoms with Gasteiger partial charge in [0.1, 0.15) is 11.1 Å². The Labute approximate surface area is 158 Å². The molecule has 1 fully saturated rings. The number of carbonyl (C=O) groups excluding carboxylic acids is 2. The lowest BCUT2D eigenvalue weighted by molar-refractivity contribution is 0.0216. The topological polar surface area (TPSA) is 85.1 Å². The van der Waals surface area contributed by atoms with Gasteiger partial charge in [-0.2, -0.15) is 4.98 Å². The molecule has 1 aliphatic heterocycles. The number of anilines is 1. The van der Waals surface area contributed by atoms with Crippen LogP contribution in [0.25, 0.3) is 11.1 Å². The highest BCUT2D eigenvalue weighted by Crippen LogP contribution is 2.28. The Morgan fingerprint density at radius 2 is 2.00 bits per heavy atom. The second kappa shape index (κ2) is 7.09. The SMILES string of the molecule is COC(=O)c1cccc2oc(N3CCN(C(=O)OC(C)(C)C)C[C@@H]3C)nc12. The number of ether oxygens (including phenoxy) is 2. The minimum Gasteiger partial charge on any atom is -0.465 e. The van der Waals surface area contributed by atoms with Crippen LogP contribution in [-0.4, -0.2) is 60.3 Å². The summed E-state index contributed by atoms with van der Waals surface area (Å²) < 4.78 is 16.1. The van der Waals surface area contributed by atoms with E-state index in [0.717, 1.165) is 0 Å². The van der Waals surface area contributed by atoms with Gasteiger partial charge in [0.05, 0.1) is 12.7 Å². The number of oxazole rings is 1. The first-order valence-corrected chi connectivity index (χ1v) is 8.92. The van der Waals surface area contributed by atoms with E-state index in [-0.39, 0.29) is 12.1 Å². The monoisotopic (exact) mass is 375 g/mol. The summed E-state index contributed by atoms with van der Waals surface area (Å²) in [5, 5.41) is 0. The van der Waals surface area contributed by atoms with E-state index in [1.807, 2.05) is 32.6 Å². The van der Waals surface area contributed by atoms with Crippen LogP contribution in [-0.2, 0) is 9.47 Å². The maximum Gasteiger partial charge on any atom is 0.410 e. The molecule has 1 amide bonds. The van der Waals surface area contributed by atoms with Gasteiger partial charge in [-0.25, -0.2) is 9.59 Å².